The summed E-state index contributed by atoms with van der Waals surface area (Å²) in [6.45, 7) is 11.1. The Balaban J connectivity index is 2.54. The number of nitrogens with one attached hydrogen (secondary N) is 1. The lowest BCUT2D eigenvalue weighted by Gasteiger charge is -2.22. The first kappa shape index (κ1) is 14.2. The quantitative estimate of drug-likeness (QED) is 0.780. The zero-order valence-electron chi connectivity index (χ0n) is 11.7. The SMILES string of the molecule is CCN(Cc1ccc(CNC)cc1)CC(C)C. The van der Waals surface area contributed by atoms with Crippen LogP contribution in [0.2, 0.25) is 0 Å². The van der Waals surface area contributed by atoms with Crippen LogP contribution >= 0.6 is 0 Å². The van der Waals surface area contributed by atoms with Crippen LogP contribution in [0.25, 0.3) is 0 Å². The number of hydrogen-bond acceptors (Lipinski definition) is 2. The lowest BCUT2D eigenvalue weighted by atomic mass is 10.1. The molecule has 0 fully saturated rings. The van der Waals surface area contributed by atoms with Crippen LogP contribution in [0.3, 0.4) is 0 Å². The second kappa shape index (κ2) is 7.46. The van der Waals surface area contributed by atoms with Gasteiger partial charge in [0.15, 0.2) is 0 Å². The largest absolute Gasteiger partial charge is 0.316 e. The summed E-state index contributed by atoms with van der Waals surface area (Å²) in [5, 5.41) is 3.17. The molecule has 0 amide bonds. The maximum atomic E-state index is 3.17. The topological polar surface area (TPSA) is 15.3 Å². The van der Waals surface area contributed by atoms with E-state index in [0.29, 0.717) is 0 Å². The number of nitrogens with zero attached hydrogens (tertiary/aromatic N) is 1. The van der Waals surface area contributed by atoms with E-state index in [1.54, 1.807) is 0 Å². The molecule has 0 aromatic heterocycles. The summed E-state index contributed by atoms with van der Waals surface area (Å²) in [6.07, 6.45) is 0. The first-order valence-electron chi connectivity index (χ1n) is 6.60. The lowest BCUT2D eigenvalue weighted by Crippen LogP contribution is -2.27. The Hall–Kier alpha value is -0.860. The Kier molecular flexibility index (Phi) is 6.23. The van der Waals surface area contributed by atoms with Crippen molar-refractivity contribution < 1.29 is 0 Å². The molecule has 0 aliphatic carbocycles. The summed E-state index contributed by atoms with van der Waals surface area (Å²) in [7, 11) is 1.98. The van der Waals surface area contributed by atoms with Gasteiger partial charge < -0.3 is 5.32 Å². The third kappa shape index (κ3) is 5.33. The Labute approximate surface area is 106 Å². The average molecular weight is 234 g/mol. The molecule has 17 heavy (non-hydrogen) atoms. The fourth-order valence-corrected chi connectivity index (χ4v) is 2.05. The molecule has 1 aromatic carbocycles. The molecule has 1 aromatic rings. The highest BCUT2D eigenvalue weighted by molar-refractivity contribution is 5.22. The summed E-state index contributed by atoms with van der Waals surface area (Å²) in [4.78, 5) is 2.50. The first-order valence-corrected chi connectivity index (χ1v) is 6.60. The molecule has 0 aliphatic heterocycles. The molecular formula is C15H26N2. The molecule has 0 saturated heterocycles. The zero-order valence-corrected chi connectivity index (χ0v) is 11.7. The highest BCUT2D eigenvalue weighted by Gasteiger charge is 2.05. The van der Waals surface area contributed by atoms with Gasteiger partial charge in [-0.2, -0.15) is 0 Å². The minimum absolute atomic E-state index is 0.735. The maximum Gasteiger partial charge on any atom is 0.0233 e. The Bertz CT molecular complexity index is 303. The van der Waals surface area contributed by atoms with E-state index in [-0.39, 0.29) is 0 Å². The van der Waals surface area contributed by atoms with Crippen LogP contribution < -0.4 is 5.32 Å². The van der Waals surface area contributed by atoms with Crippen molar-refractivity contribution in [3.63, 3.8) is 0 Å². The van der Waals surface area contributed by atoms with Crippen molar-refractivity contribution in [1.29, 1.82) is 0 Å². The minimum atomic E-state index is 0.735. The predicted octanol–water partition coefficient (Wildman–Crippen LogP) is 2.88. The molecule has 0 heterocycles. The molecular weight excluding hydrogens is 208 g/mol. The molecule has 0 radical (unpaired) electrons. The van der Waals surface area contributed by atoms with Crippen LogP contribution in [-0.4, -0.2) is 25.0 Å². The van der Waals surface area contributed by atoms with E-state index in [9.17, 15) is 0 Å². The first-order chi connectivity index (χ1) is 8.15. The normalized spacial score (nSPS) is 11.4. The molecule has 2 heteroatoms. The fraction of sp³-hybridized carbons (Fsp3) is 0.600. The second-order valence-corrected chi connectivity index (χ2v) is 5.07. The van der Waals surface area contributed by atoms with Crippen LogP contribution in [0.1, 0.15) is 31.9 Å². The van der Waals surface area contributed by atoms with Crippen LogP contribution in [0.4, 0.5) is 0 Å². The summed E-state index contributed by atoms with van der Waals surface area (Å²) in [5.41, 5.74) is 2.76. The van der Waals surface area contributed by atoms with Gasteiger partial charge in [-0.15, -0.1) is 0 Å². The van der Waals surface area contributed by atoms with E-state index < -0.39 is 0 Å². The molecule has 0 unspecified atom stereocenters. The maximum absolute atomic E-state index is 3.17. The lowest BCUT2D eigenvalue weighted by molar-refractivity contribution is 0.248. The standard InChI is InChI=1S/C15H26N2/c1-5-17(11-13(2)3)12-15-8-6-14(7-9-15)10-16-4/h6-9,13,16H,5,10-12H2,1-4H3. The van der Waals surface area contributed by atoms with Crippen LogP contribution in [0.5, 0.6) is 0 Å². The van der Waals surface area contributed by atoms with Crippen molar-refractivity contribution in [1.82, 2.24) is 10.2 Å². The Morgan fingerprint density at radius 1 is 1.12 bits per heavy atom. The van der Waals surface area contributed by atoms with Crippen LogP contribution in [0, 0.1) is 5.92 Å². The van der Waals surface area contributed by atoms with Crippen molar-refractivity contribution in [2.45, 2.75) is 33.9 Å². The van der Waals surface area contributed by atoms with Gasteiger partial charge in [0, 0.05) is 19.6 Å². The highest BCUT2D eigenvalue weighted by atomic mass is 15.1. The van der Waals surface area contributed by atoms with Gasteiger partial charge in [0.1, 0.15) is 0 Å². The average Bonchev–Trinajstić information content (AvgIpc) is 2.30. The molecule has 0 atom stereocenters. The van der Waals surface area contributed by atoms with Gasteiger partial charge in [-0.1, -0.05) is 45.0 Å². The summed E-state index contributed by atoms with van der Waals surface area (Å²) in [6, 6.07) is 8.93. The molecule has 0 spiro atoms. The Morgan fingerprint density at radius 2 is 1.71 bits per heavy atom. The third-order valence-electron chi connectivity index (χ3n) is 2.88. The zero-order chi connectivity index (χ0) is 12.7. The van der Waals surface area contributed by atoms with E-state index in [4.69, 9.17) is 0 Å². The van der Waals surface area contributed by atoms with Gasteiger partial charge in [0.2, 0.25) is 0 Å². The second-order valence-electron chi connectivity index (χ2n) is 5.07. The van der Waals surface area contributed by atoms with Crippen molar-refractivity contribution in [3.05, 3.63) is 35.4 Å². The van der Waals surface area contributed by atoms with Crippen molar-refractivity contribution in [3.8, 4) is 0 Å². The van der Waals surface area contributed by atoms with Crippen molar-refractivity contribution in [2.75, 3.05) is 20.1 Å². The van der Waals surface area contributed by atoms with E-state index in [0.717, 1.165) is 25.6 Å². The molecule has 0 bridgehead atoms. The number of benzene rings is 1. The van der Waals surface area contributed by atoms with Gasteiger partial charge in [0.05, 0.1) is 0 Å². The van der Waals surface area contributed by atoms with Gasteiger partial charge in [-0.3, -0.25) is 4.90 Å². The molecule has 0 saturated carbocycles. The van der Waals surface area contributed by atoms with Crippen LogP contribution in [0.15, 0.2) is 24.3 Å². The van der Waals surface area contributed by atoms with Gasteiger partial charge >= 0.3 is 0 Å². The summed E-state index contributed by atoms with van der Waals surface area (Å²) < 4.78 is 0. The van der Waals surface area contributed by atoms with Gasteiger partial charge in [-0.25, -0.2) is 0 Å². The minimum Gasteiger partial charge on any atom is -0.316 e. The summed E-state index contributed by atoms with van der Waals surface area (Å²) in [5.74, 6) is 0.735. The van der Waals surface area contributed by atoms with Crippen LogP contribution in [-0.2, 0) is 13.1 Å². The van der Waals surface area contributed by atoms with E-state index in [1.807, 2.05) is 7.05 Å². The molecule has 2 nitrogen and oxygen atoms in total. The highest BCUT2D eigenvalue weighted by Crippen LogP contribution is 2.09. The third-order valence-corrected chi connectivity index (χ3v) is 2.88. The van der Waals surface area contributed by atoms with Crippen molar-refractivity contribution >= 4 is 0 Å². The van der Waals surface area contributed by atoms with E-state index >= 15 is 0 Å². The monoisotopic (exact) mass is 234 g/mol. The molecule has 96 valence electrons. The number of hydrogen-bond donors (Lipinski definition) is 1. The number of rotatable bonds is 7. The van der Waals surface area contributed by atoms with E-state index in [2.05, 4.69) is 55.3 Å². The smallest absolute Gasteiger partial charge is 0.0233 e. The van der Waals surface area contributed by atoms with Crippen molar-refractivity contribution in [2.24, 2.45) is 5.92 Å². The summed E-state index contributed by atoms with van der Waals surface area (Å²) >= 11 is 0. The predicted molar refractivity (Wildman–Crippen MR) is 75.0 cm³/mol. The Morgan fingerprint density at radius 3 is 2.18 bits per heavy atom. The van der Waals surface area contributed by atoms with Gasteiger partial charge in [-0.05, 0) is 30.6 Å². The fourth-order valence-electron chi connectivity index (χ4n) is 2.05. The molecule has 1 N–H and O–H groups in total. The molecule has 0 aliphatic rings. The van der Waals surface area contributed by atoms with E-state index in [1.165, 1.54) is 17.7 Å². The van der Waals surface area contributed by atoms with Gasteiger partial charge in [0.25, 0.3) is 0 Å². The molecule has 1 rings (SSSR count).